The molecule has 13 heteroatoms. The zero-order chi connectivity index (χ0) is 31.5. The smallest absolute Gasteiger partial charge is 0.328 e. The van der Waals surface area contributed by atoms with Crippen molar-refractivity contribution in [1.82, 2.24) is 20.2 Å². The van der Waals surface area contributed by atoms with Crippen LogP contribution in [0.4, 0.5) is 45.5 Å². The van der Waals surface area contributed by atoms with Gasteiger partial charge in [0.15, 0.2) is 17.5 Å². The van der Waals surface area contributed by atoms with Gasteiger partial charge in [0.25, 0.3) is 5.91 Å². The van der Waals surface area contributed by atoms with E-state index in [0.29, 0.717) is 36.3 Å². The summed E-state index contributed by atoms with van der Waals surface area (Å²) in [6, 6.07) is 10.4. The van der Waals surface area contributed by atoms with Crippen LogP contribution in [0.25, 0.3) is 11.3 Å². The highest BCUT2D eigenvalue weighted by Gasteiger charge is 2.34. The Kier molecular flexibility index (Phi) is 8.76. The molecule has 1 aliphatic heterocycles. The first-order valence-corrected chi connectivity index (χ1v) is 13.8. The molecule has 0 radical (unpaired) electrons. The molecule has 3 amide bonds. The van der Waals surface area contributed by atoms with E-state index >= 15 is 0 Å². The van der Waals surface area contributed by atoms with E-state index in [2.05, 4.69) is 20.9 Å². The molecule has 1 aliphatic rings. The second-order valence-corrected chi connectivity index (χ2v) is 10.3. The number of benzene rings is 3. The van der Waals surface area contributed by atoms with Crippen molar-refractivity contribution >= 4 is 35.1 Å². The van der Waals surface area contributed by atoms with Crippen molar-refractivity contribution in [2.75, 3.05) is 42.7 Å². The minimum atomic E-state index is -1.11. The lowest BCUT2D eigenvalue weighted by molar-refractivity contribution is 0.102. The third kappa shape index (κ3) is 6.18. The Morgan fingerprint density at radius 1 is 0.977 bits per heavy atom. The maximum atomic E-state index is 15.0. The summed E-state index contributed by atoms with van der Waals surface area (Å²) in [5.74, 6) is -4.57. The Hall–Kier alpha value is -5.04. The van der Waals surface area contributed by atoms with Gasteiger partial charge >= 0.3 is 6.03 Å². The summed E-state index contributed by atoms with van der Waals surface area (Å²) in [5, 5.41) is 8.32. The fraction of sp³-hybridized carbons (Fsp3) is 0.226. The second kappa shape index (κ2) is 12.7. The van der Waals surface area contributed by atoms with Gasteiger partial charge in [0.05, 0.1) is 12.2 Å². The molecule has 0 saturated heterocycles. The summed E-state index contributed by atoms with van der Waals surface area (Å²) < 4.78 is 57.1. The van der Waals surface area contributed by atoms with Gasteiger partial charge in [-0.05, 0) is 62.5 Å². The molecule has 0 fully saturated rings. The molecule has 9 nitrogen and oxygen atoms in total. The van der Waals surface area contributed by atoms with E-state index in [1.807, 2.05) is 25.9 Å². The predicted molar refractivity (Wildman–Crippen MR) is 159 cm³/mol. The number of rotatable bonds is 9. The van der Waals surface area contributed by atoms with Crippen LogP contribution < -0.4 is 20.9 Å². The number of anilines is 4. The van der Waals surface area contributed by atoms with E-state index < -0.39 is 40.9 Å². The molecule has 3 N–H and O–H groups in total. The van der Waals surface area contributed by atoms with E-state index in [9.17, 15) is 27.2 Å². The molecule has 0 aliphatic carbocycles. The van der Waals surface area contributed by atoms with Gasteiger partial charge in [-0.25, -0.2) is 32.2 Å². The van der Waals surface area contributed by atoms with Gasteiger partial charge in [-0.1, -0.05) is 19.1 Å². The fourth-order valence-corrected chi connectivity index (χ4v) is 4.79. The summed E-state index contributed by atoms with van der Waals surface area (Å²) in [6.45, 7) is 2.89. The number of aryl methyl sites for hydroxylation is 1. The zero-order valence-electron chi connectivity index (χ0n) is 24.1. The third-order valence-electron chi connectivity index (χ3n) is 7.01. The molecule has 0 bridgehead atoms. The van der Waals surface area contributed by atoms with Crippen LogP contribution in [0.1, 0.15) is 28.4 Å². The Morgan fingerprint density at radius 2 is 1.73 bits per heavy atom. The monoisotopic (exact) mass is 607 g/mol. The van der Waals surface area contributed by atoms with E-state index in [1.165, 1.54) is 12.1 Å². The van der Waals surface area contributed by atoms with Gasteiger partial charge in [0.2, 0.25) is 5.95 Å². The average molecular weight is 608 g/mol. The number of urea groups is 1. The van der Waals surface area contributed by atoms with Crippen LogP contribution in [0.3, 0.4) is 0 Å². The first-order valence-electron chi connectivity index (χ1n) is 13.8. The number of carbonyl (C=O) groups excluding carboxylic acids is 2. The molecule has 3 aromatic carbocycles. The molecule has 4 aromatic rings. The maximum absolute atomic E-state index is 15.0. The number of nitrogens with one attached hydrogen (secondary N) is 3. The highest BCUT2D eigenvalue weighted by atomic mass is 19.2. The highest BCUT2D eigenvalue weighted by molar-refractivity contribution is 6.06. The van der Waals surface area contributed by atoms with Gasteiger partial charge in [0.1, 0.15) is 17.3 Å². The van der Waals surface area contributed by atoms with Crippen LogP contribution in [-0.4, -0.2) is 54.0 Å². The van der Waals surface area contributed by atoms with E-state index in [1.54, 1.807) is 18.2 Å². The molecule has 2 heterocycles. The van der Waals surface area contributed by atoms with Gasteiger partial charge < -0.3 is 20.9 Å². The Bertz CT molecular complexity index is 1730. The molecule has 1 aromatic heterocycles. The molecule has 228 valence electrons. The van der Waals surface area contributed by atoms with Crippen molar-refractivity contribution in [3.8, 4) is 11.3 Å². The van der Waals surface area contributed by atoms with Gasteiger partial charge in [-0.2, -0.15) is 4.98 Å². The zero-order valence-corrected chi connectivity index (χ0v) is 24.1. The average Bonchev–Trinajstić information content (AvgIpc) is 2.99. The van der Waals surface area contributed by atoms with Crippen LogP contribution in [0.5, 0.6) is 0 Å². The summed E-state index contributed by atoms with van der Waals surface area (Å²) in [7, 11) is 3.77. The Labute approximate surface area is 250 Å². The van der Waals surface area contributed by atoms with Crippen LogP contribution in [-0.2, 0) is 13.0 Å². The summed E-state index contributed by atoms with van der Waals surface area (Å²) in [5.41, 5.74) is 1.67. The van der Waals surface area contributed by atoms with Gasteiger partial charge in [0, 0.05) is 41.5 Å². The maximum Gasteiger partial charge on any atom is 0.328 e. The van der Waals surface area contributed by atoms with Crippen molar-refractivity contribution in [3.63, 3.8) is 0 Å². The van der Waals surface area contributed by atoms with E-state index in [-0.39, 0.29) is 29.6 Å². The fourth-order valence-electron chi connectivity index (χ4n) is 4.79. The first-order chi connectivity index (χ1) is 21.1. The minimum Gasteiger partial charge on any atom is -0.353 e. The summed E-state index contributed by atoms with van der Waals surface area (Å²) in [4.78, 5) is 38.3. The lowest BCUT2D eigenvalue weighted by Gasteiger charge is -2.31. The number of hydrogen-bond acceptors (Lipinski definition) is 6. The molecular weight excluding hydrogens is 578 g/mol. The predicted octanol–water partition coefficient (Wildman–Crippen LogP) is 5.85. The van der Waals surface area contributed by atoms with Crippen molar-refractivity contribution < 1.29 is 27.2 Å². The lowest BCUT2D eigenvalue weighted by atomic mass is 9.95. The molecule has 0 atom stereocenters. The van der Waals surface area contributed by atoms with Crippen molar-refractivity contribution in [3.05, 3.63) is 94.6 Å². The second-order valence-electron chi connectivity index (χ2n) is 10.3. The van der Waals surface area contributed by atoms with Crippen LogP contribution >= 0.6 is 0 Å². The van der Waals surface area contributed by atoms with Crippen molar-refractivity contribution in [1.29, 1.82) is 0 Å². The third-order valence-corrected chi connectivity index (χ3v) is 7.01. The molecule has 0 saturated carbocycles. The van der Waals surface area contributed by atoms with E-state index in [4.69, 9.17) is 4.98 Å². The number of likely N-dealkylation sites (N-methyl/N-ethyl adjacent to an activating group) is 1. The molecule has 0 spiro atoms. The number of nitrogens with zero attached hydrogens (tertiary/aromatic N) is 4. The van der Waals surface area contributed by atoms with Crippen LogP contribution in [0, 0.1) is 23.3 Å². The van der Waals surface area contributed by atoms with E-state index in [0.717, 1.165) is 34.7 Å². The number of para-hydroxylation sites is 1. The summed E-state index contributed by atoms with van der Waals surface area (Å²) >= 11 is 0. The Balaban J connectivity index is 1.65. The molecule has 0 unspecified atom stereocenters. The Morgan fingerprint density at radius 3 is 2.41 bits per heavy atom. The number of fused-ring (bicyclic) bond motifs is 1. The van der Waals surface area contributed by atoms with Crippen LogP contribution in [0.2, 0.25) is 0 Å². The minimum absolute atomic E-state index is 0.0196. The number of halogens is 4. The lowest BCUT2D eigenvalue weighted by Crippen LogP contribution is -2.43. The normalized spacial score (nSPS) is 12.6. The number of hydrogen-bond donors (Lipinski definition) is 3. The van der Waals surface area contributed by atoms with Crippen LogP contribution in [0.15, 0.2) is 54.6 Å². The first kappa shape index (κ1) is 30.4. The number of carbonyl (C=O) groups is 2. The largest absolute Gasteiger partial charge is 0.353 e. The summed E-state index contributed by atoms with van der Waals surface area (Å²) in [6.07, 6.45) is 0.528. The molecule has 44 heavy (non-hydrogen) atoms. The SMILES string of the molecule is CCc1ccc(C(=O)Nc2ccc(F)c(F)c2)cc1-c1nc(NCCN(C)C)nc2c1CNC(=O)N2c1c(F)cccc1F. The quantitative estimate of drug-likeness (QED) is 0.207. The molecular formula is C31H29F4N7O2. The highest BCUT2D eigenvalue weighted by Crippen LogP contribution is 2.39. The number of amides is 3. The van der Waals surface area contributed by atoms with Gasteiger partial charge in [-0.15, -0.1) is 0 Å². The topological polar surface area (TPSA) is 102 Å². The van der Waals surface area contributed by atoms with Crippen molar-refractivity contribution in [2.45, 2.75) is 19.9 Å². The van der Waals surface area contributed by atoms with Gasteiger partial charge in [-0.3, -0.25) is 4.79 Å². The van der Waals surface area contributed by atoms with Crippen molar-refractivity contribution in [2.24, 2.45) is 0 Å². The molecule has 5 rings (SSSR count). The standard InChI is InChI=1S/C31H29F4N7O2/c1-4-17-8-9-18(29(43)38-19-10-11-22(32)25(35)15-19)14-20(17)26-21-16-37-31(44)42(27-23(33)6-5-7-24(27)34)28(21)40-30(39-26)36-12-13-41(2)3/h5-11,14-15H,4,12-13,16H2,1-3H3,(H,37,44)(H,38,43)(H,36,39,40). The number of aromatic nitrogens is 2.